The zero-order valence-electron chi connectivity index (χ0n) is 12.1. The van der Waals surface area contributed by atoms with Gasteiger partial charge in [0.1, 0.15) is 0 Å². The fraction of sp³-hybridized carbons (Fsp3) is 0.929. The zero-order chi connectivity index (χ0) is 13.7. The van der Waals surface area contributed by atoms with Crippen molar-refractivity contribution in [2.45, 2.75) is 57.1 Å². The largest absolute Gasteiger partial charge is 0.388 e. The minimum atomic E-state index is -0.602. The summed E-state index contributed by atoms with van der Waals surface area (Å²) < 4.78 is 0. The molecule has 5 nitrogen and oxygen atoms in total. The monoisotopic (exact) mass is 268 g/mol. The number of aliphatic hydroxyl groups is 1. The summed E-state index contributed by atoms with van der Waals surface area (Å²) in [5.41, 5.74) is 5.28. The molecule has 1 heterocycles. The van der Waals surface area contributed by atoms with Gasteiger partial charge in [-0.3, -0.25) is 9.89 Å². The molecular weight excluding hydrogens is 240 g/mol. The third-order valence-electron chi connectivity index (χ3n) is 4.50. The smallest absolute Gasteiger partial charge is 0.188 e. The molecule has 1 saturated heterocycles. The predicted molar refractivity (Wildman–Crippen MR) is 78.2 cm³/mol. The first-order valence-electron chi connectivity index (χ1n) is 7.63. The second-order valence-electron chi connectivity index (χ2n) is 5.94. The number of hydrogen-bond acceptors (Lipinski definition) is 3. The topological polar surface area (TPSA) is 73.9 Å². The van der Waals surface area contributed by atoms with Gasteiger partial charge in [0.15, 0.2) is 5.96 Å². The van der Waals surface area contributed by atoms with Crippen molar-refractivity contribution < 1.29 is 5.11 Å². The van der Waals surface area contributed by atoms with E-state index in [1.165, 1.54) is 19.4 Å². The molecule has 0 aromatic rings. The average molecular weight is 268 g/mol. The number of nitrogens with zero attached hydrogens (tertiary/aromatic N) is 2. The molecular formula is C14H28N4O. The molecule has 1 atom stereocenters. The summed E-state index contributed by atoms with van der Waals surface area (Å²) in [6, 6.07) is 0.577. The van der Waals surface area contributed by atoms with Crippen LogP contribution in [0.25, 0.3) is 0 Å². The number of likely N-dealkylation sites (tertiary alicyclic amines) is 1. The van der Waals surface area contributed by atoms with Crippen LogP contribution in [0.5, 0.6) is 0 Å². The first-order chi connectivity index (χ1) is 9.13. The number of guanidine groups is 1. The van der Waals surface area contributed by atoms with Crippen molar-refractivity contribution in [1.82, 2.24) is 10.2 Å². The number of hydrogen-bond donors (Lipinski definition) is 3. The van der Waals surface area contributed by atoms with Gasteiger partial charge in [-0.05, 0) is 38.8 Å². The summed E-state index contributed by atoms with van der Waals surface area (Å²) in [4.78, 5) is 6.78. The van der Waals surface area contributed by atoms with Crippen molar-refractivity contribution in [2.24, 2.45) is 10.7 Å². The Balaban J connectivity index is 1.72. The molecule has 4 N–H and O–H groups in total. The van der Waals surface area contributed by atoms with E-state index in [9.17, 15) is 5.11 Å². The highest BCUT2D eigenvalue weighted by atomic mass is 16.3. The molecule has 1 aliphatic heterocycles. The Bertz CT molecular complexity index is 313. The molecule has 0 bridgehead atoms. The number of nitrogens with one attached hydrogen (secondary N) is 1. The fourth-order valence-electron chi connectivity index (χ4n) is 3.24. The Morgan fingerprint density at radius 1 is 1.42 bits per heavy atom. The summed E-state index contributed by atoms with van der Waals surface area (Å²) in [5.74, 6) is 0.475. The molecule has 0 radical (unpaired) electrons. The molecule has 1 unspecified atom stereocenters. The molecule has 110 valence electrons. The van der Waals surface area contributed by atoms with Crippen molar-refractivity contribution in [2.75, 3.05) is 26.2 Å². The van der Waals surface area contributed by atoms with Crippen molar-refractivity contribution in [3.05, 3.63) is 0 Å². The van der Waals surface area contributed by atoms with E-state index in [4.69, 9.17) is 5.73 Å². The standard InChI is InChI=1S/C14H28N4O/c1-2-18-9-5-6-12(18)10-16-13(15)17-11-14(19)7-3-4-8-14/h12,19H,2-11H2,1H3,(H3,15,16,17). The Morgan fingerprint density at radius 3 is 2.84 bits per heavy atom. The first kappa shape index (κ1) is 14.6. The highest BCUT2D eigenvalue weighted by Gasteiger charge is 2.30. The summed E-state index contributed by atoms with van der Waals surface area (Å²) in [6.07, 6.45) is 6.43. The van der Waals surface area contributed by atoms with Gasteiger partial charge >= 0.3 is 0 Å². The van der Waals surface area contributed by atoms with E-state index < -0.39 is 5.60 Å². The molecule has 0 amide bonds. The lowest BCUT2D eigenvalue weighted by molar-refractivity contribution is 0.0574. The fourth-order valence-corrected chi connectivity index (χ4v) is 3.24. The third kappa shape index (κ3) is 4.08. The third-order valence-corrected chi connectivity index (χ3v) is 4.50. The second kappa shape index (κ2) is 6.57. The SMILES string of the molecule is CCN1CCCC1CNC(N)=NCC1(O)CCCC1. The average Bonchev–Trinajstić information content (AvgIpc) is 3.03. The Morgan fingerprint density at radius 2 is 2.16 bits per heavy atom. The Labute approximate surface area is 116 Å². The molecule has 0 aromatic carbocycles. The molecule has 1 saturated carbocycles. The normalized spacial score (nSPS) is 27.9. The molecule has 2 aliphatic rings. The summed E-state index contributed by atoms with van der Waals surface area (Å²) in [6.45, 7) is 5.80. The van der Waals surface area contributed by atoms with Gasteiger partial charge in [-0.25, -0.2) is 0 Å². The summed E-state index contributed by atoms with van der Waals surface area (Å²) >= 11 is 0. The maximum Gasteiger partial charge on any atom is 0.188 e. The van der Waals surface area contributed by atoms with Gasteiger partial charge in [0.2, 0.25) is 0 Å². The van der Waals surface area contributed by atoms with Crippen LogP contribution >= 0.6 is 0 Å². The van der Waals surface area contributed by atoms with E-state index >= 15 is 0 Å². The van der Waals surface area contributed by atoms with Crippen LogP contribution in [0.3, 0.4) is 0 Å². The van der Waals surface area contributed by atoms with Gasteiger partial charge < -0.3 is 16.2 Å². The van der Waals surface area contributed by atoms with E-state index in [1.54, 1.807) is 0 Å². The lowest BCUT2D eigenvalue weighted by Crippen LogP contribution is -2.43. The molecule has 0 aromatic heterocycles. The second-order valence-corrected chi connectivity index (χ2v) is 5.94. The Kier molecular flexibility index (Phi) is 5.05. The van der Waals surface area contributed by atoms with Crippen LogP contribution in [-0.2, 0) is 0 Å². The number of rotatable bonds is 5. The molecule has 1 aliphatic carbocycles. The zero-order valence-corrected chi connectivity index (χ0v) is 12.1. The van der Waals surface area contributed by atoms with Crippen LogP contribution in [0.15, 0.2) is 4.99 Å². The van der Waals surface area contributed by atoms with Crippen molar-refractivity contribution in [1.29, 1.82) is 0 Å². The van der Waals surface area contributed by atoms with E-state index in [2.05, 4.69) is 22.1 Å². The van der Waals surface area contributed by atoms with Gasteiger partial charge in [-0.15, -0.1) is 0 Å². The number of nitrogens with two attached hydrogens (primary N) is 1. The van der Waals surface area contributed by atoms with E-state index in [-0.39, 0.29) is 0 Å². The quantitative estimate of drug-likeness (QED) is 0.506. The van der Waals surface area contributed by atoms with Gasteiger partial charge in [0.25, 0.3) is 0 Å². The van der Waals surface area contributed by atoms with E-state index in [1.807, 2.05) is 0 Å². The van der Waals surface area contributed by atoms with Gasteiger partial charge in [-0.2, -0.15) is 0 Å². The van der Waals surface area contributed by atoms with Crippen LogP contribution in [0, 0.1) is 0 Å². The number of aliphatic imine (C=N–C) groups is 1. The maximum absolute atomic E-state index is 10.2. The van der Waals surface area contributed by atoms with Crippen LogP contribution in [0.1, 0.15) is 45.4 Å². The van der Waals surface area contributed by atoms with Gasteiger partial charge in [0.05, 0.1) is 12.1 Å². The van der Waals surface area contributed by atoms with Crippen molar-refractivity contribution >= 4 is 5.96 Å². The lowest BCUT2D eigenvalue weighted by Gasteiger charge is -2.23. The summed E-state index contributed by atoms with van der Waals surface area (Å²) in [5, 5.41) is 13.4. The van der Waals surface area contributed by atoms with E-state index in [0.717, 1.165) is 38.8 Å². The molecule has 2 fully saturated rings. The molecule has 0 spiro atoms. The van der Waals surface area contributed by atoms with Crippen LogP contribution < -0.4 is 11.1 Å². The molecule has 2 rings (SSSR count). The maximum atomic E-state index is 10.2. The van der Waals surface area contributed by atoms with Crippen molar-refractivity contribution in [3.63, 3.8) is 0 Å². The Hall–Kier alpha value is -0.810. The lowest BCUT2D eigenvalue weighted by atomic mass is 10.0. The highest BCUT2D eigenvalue weighted by Crippen LogP contribution is 2.29. The van der Waals surface area contributed by atoms with Gasteiger partial charge in [0, 0.05) is 12.6 Å². The minimum absolute atomic E-state index is 0.438. The van der Waals surface area contributed by atoms with Crippen LogP contribution in [-0.4, -0.2) is 53.8 Å². The first-order valence-corrected chi connectivity index (χ1v) is 7.63. The molecule has 19 heavy (non-hydrogen) atoms. The van der Waals surface area contributed by atoms with Crippen LogP contribution in [0.2, 0.25) is 0 Å². The van der Waals surface area contributed by atoms with Crippen LogP contribution in [0.4, 0.5) is 0 Å². The molecule has 5 heteroatoms. The predicted octanol–water partition coefficient (Wildman–Crippen LogP) is 0.680. The van der Waals surface area contributed by atoms with Gasteiger partial charge in [-0.1, -0.05) is 19.8 Å². The summed E-state index contributed by atoms with van der Waals surface area (Å²) in [7, 11) is 0. The number of likely N-dealkylation sites (N-methyl/N-ethyl adjacent to an activating group) is 1. The van der Waals surface area contributed by atoms with E-state index in [0.29, 0.717) is 18.5 Å². The minimum Gasteiger partial charge on any atom is -0.388 e. The van der Waals surface area contributed by atoms with Crippen molar-refractivity contribution in [3.8, 4) is 0 Å². The highest BCUT2D eigenvalue weighted by molar-refractivity contribution is 5.77.